The number of amides is 1. The maximum atomic E-state index is 12.5. The summed E-state index contributed by atoms with van der Waals surface area (Å²) in [6.45, 7) is 6.73. The van der Waals surface area contributed by atoms with E-state index in [0.29, 0.717) is 18.9 Å². The molecular formula is C17H26N2O2. The number of aromatic hydroxyl groups is 1. The fraction of sp³-hybridized carbons (Fsp3) is 0.588. The van der Waals surface area contributed by atoms with E-state index in [1.807, 2.05) is 19.9 Å². The van der Waals surface area contributed by atoms with E-state index in [4.69, 9.17) is 0 Å². The summed E-state index contributed by atoms with van der Waals surface area (Å²) in [6, 6.07) is 5.20. The first-order valence-corrected chi connectivity index (χ1v) is 7.92. The molecule has 1 aliphatic rings. The van der Waals surface area contributed by atoms with Crippen molar-refractivity contribution in [2.24, 2.45) is 5.92 Å². The van der Waals surface area contributed by atoms with Gasteiger partial charge in [-0.2, -0.15) is 0 Å². The average molecular weight is 290 g/mol. The zero-order valence-electron chi connectivity index (χ0n) is 13.1. The molecule has 0 bridgehead atoms. The SMILES string of the molecule is CCN(C(=O)CCC1CCNCC1)c1cc(O)ccc1C. The lowest BCUT2D eigenvalue weighted by molar-refractivity contribution is -0.118. The van der Waals surface area contributed by atoms with Crippen LogP contribution in [0.25, 0.3) is 0 Å². The molecule has 0 aliphatic carbocycles. The normalized spacial score (nSPS) is 15.9. The summed E-state index contributed by atoms with van der Waals surface area (Å²) in [4.78, 5) is 14.3. The molecule has 2 rings (SSSR count). The molecule has 1 amide bonds. The first-order valence-electron chi connectivity index (χ1n) is 7.92. The first-order chi connectivity index (χ1) is 10.1. The number of carbonyl (C=O) groups excluding carboxylic acids is 1. The van der Waals surface area contributed by atoms with E-state index < -0.39 is 0 Å². The molecule has 1 saturated heterocycles. The fourth-order valence-electron chi connectivity index (χ4n) is 3.00. The molecule has 1 heterocycles. The number of carbonyl (C=O) groups is 1. The van der Waals surface area contributed by atoms with Crippen LogP contribution in [0.3, 0.4) is 0 Å². The second-order valence-corrected chi connectivity index (χ2v) is 5.84. The number of anilines is 1. The van der Waals surface area contributed by atoms with Gasteiger partial charge in [-0.25, -0.2) is 0 Å². The van der Waals surface area contributed by atoms with Crippen LogP contribution in [0.1, 0.15) is 38.2 Å². The minimum Gasteiger partial charge on any atom is -0.508 e. The lowest BCUT2D eigenvalue weighted by Crippen LogP contribution is -2.32. The van der Waals surface area contributed by atoms with E-state index in [-0.39, 0.29) is 11.7 Å². The van der Waals surface area contributed by atoms with Crippen molar-refractivity contribution in [3.8, 4) is 5.75 Å². The van der Waals surface area contributed by atoms with Crippen LogP contribution in [0, 0.1) is 12.8 Å². The van der Waals surface area contributed by atoms with Gasteiger partial charge >= 0.3 is 0 Å². The number of rotatable bonds is 5. The van der Waals surface area contributed by atoms with Gasteiger partial charge in [0.1, 0.15) is 5.75 Å². The van der Waals surface area contributed by atoms with Crippen LogP contribution in [-0.4, -0.2) is 30.6 Å². The number of benzene rings is 1. The molecule has 1 aromatic carbocycles. The number of piperidine rings is 1. The quantitative estimate of drug-likeness (QED) is 0.876. The number of phenolic OH excluding ortho intramolecular Hbond substituents is 1. The summed E-state index contributed by atoms with van der Waals surface area (Å²) in [5.41, 5.74) is 1.85. The lowest BCUT2D eigenvalue weighted by Gasteiger charge is -2.26. The molecule has 0 spiro atoms. The van der Waals surface area contributed by atoms with Crippen molar-refractivity contribution in [3.63, 3.8) is 0 Å². The minimum atomic E-state index is 0.157. The molecule has 0 saturated carbocycles. The molecular weight excluding hydrogens is 264 g/mol. The Morgan fingerprint density at radius 1 is 1.38 bits per heavy atom. The zero-order chi connectivity index (χ0) is 15.2. The van der Waals surface area contributed by atoms with E-state index in [1.54, 1.807) is 17.0 Å². The minimum absolute atomic E-state index is 0.157. The highest BCUT2D eigenvalue weighted by atomic mass is 16.3. The highest BCUT2D eigenvalue weighted by molar-refractivity contribution is 5.94. The first kappa shape index (κ1) is 15.8. The summed E-state index contributed by atoms with van der Waals surface area (Å²) < 4.78 is 0. The van der Waals surface area contributed by atoms with Crippen molar-refractivity contribution in [1.29, 1.82) is 0 Å². The van der Waals surface area contributed by atoms with Gasteiger partial charge in [0, 0.05) is 19.0 Å². The van der Waals surface area contributed by atoms with Crippen LogP contribution in [0.15, 0.2) is 18.2 Å². The average Bonchev–Trinajstić information content (AvgIpc) is 2.50. The Kier molecular flexibility index (Phi) is 5.62. The Morgan fingerprint density at radius 2 is 2.10 bits per heavy atom. The van der Waals surface area contributed by atoms with Gasteiger partial charge in [-0.15, -0.1) is 0 Å². The van der Waals surface area contributed by atoms with Gasteiger partial charge in [0.15, 0.2) is 0 Å². The van der Waals surface area contributed by atoms with Crippen molar-refractivity contribution in [1.82, 2.24) is 5.32 Å². The third-order valence-corrected chi connectivity index (χ3v) is 4.33. The number of aryl methyl sites for hydroxylation is 1. The van der Waals surface area contributed by atoms with Gasteiger partial charge in [-0.3, -0.25) is 4.79 Å². The number of hydrogen-bond donors (Lipinski definition) is 2. The van der Waals surface area contributed by atoms with Crippen molar-refractivity contribution in [3.05, 3.63) is 23.8 Å². The number of phenols is 1. The maximum Gasteiger partial charge on any atom is 0.226 e. The lowest BCUT2D eigenvalue weighted by atomic mass is 9.93. The molecule has 0 unspecified atom stereocenters. The topological polar surface area (TPSA) is 52.6 Å². The van der Waals surface area contributed by atoms with Gasteiger partial charge < -0.3 is 15.3 Å². The predicted molar refractivity (Wildman–Crippen MR) is 85.7 cm³/mol. The molecule has 4 nitrogen and oxygen atoms in total. The second-order valence-electron chi connectivity index (χ2n) is 5.84. The number of hydrogen-bond acceptors (Lipinski definition) is 3. The summed E-state index contributed by atoms with van der Waals surface area (Å²) >= 11 is 0. The monoisotopic (exact) mass is 290 g/mol. The molecule has 4 heteroatoms. The summed E-state index contributed by atoms with van der Waals surface area (Å²) in [6.07, 6.45) is 3.90. The highest BCUT2D eigenvalue weighted by Gasteiger charge is 2.19. The summed E-state index contributed by atoms with van der Waals surface area (Å²) in [5.74, 6) is 1.03. The summed E-state index contributed by atoms with van der Waals surface area (Å²) in [7, 11) is 0. The van der Waals surface area contributed by atoms with E-state index >= 15 is 0 Å². The third-order valence-electron chi connectivity index (χ3n) is 4.33. The van der Waals surface area contributed by atoms with E-state index in [2.05, 4.69) is 5.32 Å². The van der Waals surface area contributed by atoms with Crippen LogP contribution in [-0.2, 0) is 4.79 Å². The van der Waals surface area contributed by atoms with Crippen LogP contribution < -0.4 is 10.2 Å². The second kappa shape index (κ2) is 7.46. The Hall–Kier alpha value is -1.55. The van der Waals surface area contributed by atoms with Gasteiger partial charge in [-0.1, -0.05) is 6.07 Å². The molecule has 21 heavy (non-hydrogen) atoms. The van der Waals surface area contributed by atoms with Crippen molar-refractivity contribution < 1.29 is 9.90 Å². The molecule has 0 aromatic heterocycles. The van der Waals surface area contributed by atoms with Gasteiger partial charge in [0.25, 0.3) is 0 Å². The Labute approximate surface area is 127 Å². The number of nitrogens with one attached hydrogen (secondary N) is 1. The van der Waals surface area contributed by atoms with Crippen LogP contribution >= 0.6 is 0 Å². The highest BCUT2D eigenvalue weighted by Crippen LogP contribution is 2.26. The van der Waals surface area contributed by atoms with Gasteiger partial charge in [-0.05, 0) is 63.7 Å². The molecule has 116 valence electrons. The fourth-order valence-corrected chi connectivity index (χ4v) is 3.00. The smallest absolute Gasteiger partial charge is 0.226 e. The Balaban J connectivity index is 1.99. The van der Waals surface area contributed by atoms with Gasteiger partial charge in [0.2, 0.25) is 5.91 Å². The van der Waals surface area contributed by atoms with Crippen LogP contribution in [0.4, 0.5) is 5.69 Å². The van der Waals surface area contributed by atoms with Crippen molar-refractivity contribution in [2.45, 2.75) is 39.5 Å². The predicted octanol–water partition coefficient (Wildman–Crippen LogP) is 2.83. The van der Waals surface area contributed by atoms with Crippen LogP contribution in [0.2, 0.25) is 0 Å². The maximum absolute atomic E-state index is 12.5. The van der Waals surface area contributed by atoms with Crippen molar-refractivity contribution >= 4 is 11.6 Å². The molecule has 0 radical (unpaired) electrons. The zero-order valence-corrected chi connectivity index (χ0v) is 13.1. The molecule has 1 fully saturated rings. The molecule has 0 atom stereocenters. The van der Waals surface area contributed by atoms with Gasteiger partial charge in [0.05, 0.1) is 5.69 Å². The number of nitrogens with zero attached hydrogens (tertiary/aromatic N) is 1. The van der Waals surface area contributed by atoms with E-state index in [0.717, 1.165) is 30.8 Å². The van der Waals surface area contributed by atoms with E-state index in [1.165, 1.54) is 12.8 Å². The third kappa shape index (κ3) is 4.21. The van der Waals surface area contributed by atoms with E-state index in [9.17, 15) is 9.90 Å². The molecule has 1 aromatic rings. The largest absolute Gasteiger partial charge is 0.508 e. The molecule has 1 aliphatic heterocycles. The van der Waals surface area contributed by atoms with Crippen molar-refractivity contribution in [2.75, 3.05) is 24.5 Å². The Morgan fingerprint density at radius 3 is 2.76 bits per heavy atom. The standard InChI is InChI=1S/C17H26N2O2/c1-3-19(16-12-15(20)6-4-13(16)2)17(21)7-5-14-8-10-18-11-9-14/h4,6,12,14,18,20H,3,5,7-11H2,1-2H3. The summed E-state index contributed by atoms with van der Waals surface area (Å²) in [5, 5.41) is 13.0. The van der Waals surface area contributed by atoms with Crippen LogP contribution in [0.5, 0.6) is 5.75 Å². The molecule has 2 N–H and O–H groups in total. The Bertz CT molecular complexity index is 482.